The summed E-state index contributed by atoms with van der Waals surface area (Å²) in [6.07, 6.45) is -3.33. The second kappa shape index (κ2) is 5.38. The van der Waals surface area contributed by atoms with Crippen molar-refractivity contribution in [3.63, 3.8) is 0 Å². The van der Waals surface area contributed by atoms with Crippen LogP contribution in [0.15, 0.2) is 24.5 Å². The molecular weight excluding hydrogens is 291 g/mol. The van der Waals surface area contributed by atoms with Gasteiger partial charge < -0.3 is 5.32 Å². The molecule has 0 aromatic carbocycles. The van der Waals surface area contributed by atoms with E-state index in [0.29, 0.717) is 24.8 Å². The molecule has 21 heavy (non-hydrogen) atoms. The maximum Gasteiger partial charge on any atom is 0.419 e. The van der Waals surface area contributed by atoms with Crippen LogP contribution in [0.25, 0.3) is 5.82 Å². The van der Waals surface area contributed by atoms with Crippen molar-refractivity contribution in [1.29, 1.82) is 0 Å². The Kier molecular flexibility index (Phi) is 3.78. The van der Waals surface area contributed by atoms with E-state index in [1.54, 1.807) is 6.92 Å². The van der Waals surface area contributed by atoms with Crippen molar-refractivity contribution in [1.82, 2.24) is 14.8 Å². The van der Waals surface area contributed by atoms with E-state index in [-0.39, 0.29) is 5.82 Å². The number of rotatable bonds is 4. The van der Waals surface area contributed by atoms with Crippen LogP contribution in [-0.4, -0.2) is 26.2 Å². The van der Waals surface area contributed by atoms with Crippen LogP contribution in [0.2, 0.25) is 0 Å². The van der Waals surface area contributed by atoms with Crippen molar-refractivity contribution in [2.45, 2.75) is 13.1 Å². The number of hydrogen-bond donors (Lipinski definition) is 1. The monoisotopic (exact) mass is 301 g/mol. The third-order valence-electron chi connectivity index (χ3n) is 2.54. The zero-order valence-corrected chi connectivity index (χ0v) is 10.8. The fraction of sp³-hybridized carbons (Fsp3) is 0.273. The Labute approximate surface area is 116 Å². The lowest BCUT2D eigenvalue weighted by molar-refractivity contribution is -0.384. The highest BCUT2D eigenvalue weighted by atomic mass is 19.4. The molecule has 7 nitrogen and oxygen atoms in total. The normalized spacial score (nSPS) is 11.4. The predicted octanol–water partition coefficient (Wildman–Crippen LogP) is 2.63. The molecule has 0 radical (unpaired) electrons. The first-order chi connectivity index (χ1) is 9.82. The predicted molar refractivity (Wildman–Crippen MR) is 67.2 cm³/mol. The molecule has 0 aliphatic rings. The topological polar surface area (TPSA) is 85.9 Å². The Balaban J connectivity index is 2.52. The van der Waals surface area contributed by atoms with E-state index in [9.17, 15) is 23.3 Å². The summed E-state index contributed by atoms with van der Waals surface area (Å²) < 4.78 is 38.4. The summed E-state index contributed by atoms with van der Waals surface area (Å²) in [5.41, 5.74) is -1.44. The molecule has 2 aromatic heterocycles. The van der Waals surface area contributed by atoms with Crippen molar-refractivity contribution in [3.05, 3.63) is 40.2 Å². The summed E-state index contributed by atoms with van der Waals surface area (Å²) in [5, 5.41) is 17.3. The van der Waals surface area contributed by atoms with Crippen LogP contribution in [0.1, 0.15) is 12.5 Å². The smallest absolute Gasteiger partial charge is 0.370 e. The fourth-order valence-corrected chi connectivity index (χ4v) is 1.62. The maximum absolute atomic E-state index is 12.6. The summed E-state index contributed by atoms with van der Waals surface area (Å²) >= 11 is 0. The van der Waals surface area contributed by atoms with Gasteiger partial charge in [-0.25, -0.2) is 9.67 Å². The summed E-state index contributed by atoms with van der Waals surface area (Å²) in [5.74, 6) is 0.0242. The number of aromatic nitrogens is 3. The van der Waals surface area contributed by atoms with E-state index in [2.05, 4.69) is 15.4 Å². The first-order valence-electron chi connectivity index (χ1n) is 5.84. The van der Waals surface area contributed by atoms with Gasteiger partial charge >= 0.3 is 11.9 Å². The third kappa shape index (κ3) is 3.09. The van der Waals surface area contributed by atoms with Gasteiger partial charge in [-0.3, -0.25) is 10.1 Å². The molecule has 0 aliphatic heterocycles. The molecule has 0 atom stereocenters. The van der Waals surface area contributed by atoms with E-state index in [1.165, 1.54) is 6.07 Å². The SMILES string of the molecule is CCNc1ccc([N+](=O)[O-])c(-n2cc(C(F)(F)F)cn2)n1. The Morgan fingerprint density at radius 2 is 2.14 bits per heavy atom. The second-order valence-electron chi connectivity index (χ2n) is 4.00. The van der Waals surface area contributed by atoms with Crippen molar-refractivity contribution in [3.8, 4) is 5.82 Å². The van der Waals surface area contributed by atoms with Gasteiger partial charge in [-0.15, -0.1) is 0 Å². The summed E-state index contributed by atoms with van der Waals surface area (Å²) in [6.45, 7) is 2.30. The molecule has 10 heteroatoms. The van der Waals surface area contributed by atoms with E-state index in [1.807, 2.05) is 0 Å². The van der Waals surface area contributed by atoms with Gasteiger partial charge in [-0.2, -0.15) is 18.3 Å². The standard InChI is InChI=1S/C11H10F3N5O2/c1-2-15-9-4-3-8(19(20)21)10(17-9)18-6-7(5-16-18)11(12,13)14/h3-6H,2H2,1H3,(H,15,17). The van der Waals surface area contributed by atoms with Crippen LogP contribution in [0.3, 0.4) is 0 Å². The number of nitro groups is 1. The van der Waals surface area contributed by atoms with Crippen molar-refractivity contribution in [2.75, 3.05) is 11.9 Å². The lowest BCUT2D eigenvalue weighted by atomic mass is 10.3. The molecule has 2 heterocycles. The summed E-state index contributed by atoms with van der Waals surface area (Å²) in [4.78, 5) is 14.2. The number of hydrogen-bond acceptors (Lipinski definition) is 5. The van der Waals surface area contributed by atoms with Crippen molar-refractivity contribution >= 4 is 11.5 Å². The second-order valence-corrected chi connectivity index (χ2v) is 4.00. The average Bonchev–Trinajstić information content (AvgIpc) is 2.88. The molecule has 0 saturated heterocycles. The number of pyridine rings is 1. The lowest BCUT2D eigenvalue weighted by Gasteiger charge is -2.06. The molecule has 0 saturated carbocycles. The minimum Gasteiger partial charge on any atom is -0.370 e. The molecule has 0 unspecified atom stereocenters. The van der Waals surface area contributed by atoms with Gasteiger partial charge in [-0.1, -0.05) is 0 Å². The van der Waals surface area contributed by atoms with Gasteiger partial charge in [0.1, 0.15) is 5.82 Å². The summed E-state index contributed by atoms with van der Waals surface area (Å²) in [6, 6.07) is 2.54. The minimum atomic E-state index is -4.58. The fourth-order valence-electron chi connectivity index (χ4n) is 1.62. The Morgan fingerprint density at radius 3 is 2.67 bits per heavy atom. The van der Waals surface area contributed by atoms with Crippen LogP contribution in [0.5, 0.6) is 0 Å². The van der Waals surface area contributed by atoms with Gasteiger partial charge in [0.05, 0.1) is 16.7 Å². The zero-order chi connectivity index (χ0) is 15.6. The molecule has 0 aliphatic carbocycles. The molecule has 1 N–H and O–H groups in total. The number of nitrogens with one attached hydrogen (secondary N) is 1. The highest BCUT2D eigenvalue weighted by molar-refractivity contribution is 5.53. The van der Waals surface area contributed by atoms with Crippen LogP contribution in [0.4, 0.5) is 24.7 Å². The van der Waals surface area contributed by atoms with Gasteiger partial charge in [-0.05, 0) is 13.0 Å². The highest BCUT2D eigenvalue weighted by Crippen LogP contribution is 2.30. The van der Waals surface area contributed by atoms with Gasteiger partial charge in [0.15, 0.2) is 0 Å². The Hall–Kier alpha value is -2.65. The van der Waals surface area contributed by atoms with Crippen LogP contribution >= 0.6 is 0 Å². The maximum atomic E-state index is 12.6. The van der Waals surface area contributed by atoms with Crippen molar-refractivity contribution in [2.24, 2.45) is 0 Å². The quantitative estimate of drug-likeness (QED) is 0.693. The average molecular weight is 301 g/mol. The van der Waals surface area contributed by atoms with Crippen molar-refractivity contribution < 1.29 is 18.1 Å². The number of alkyl halides is 3. The lowest BCUT2D eigenvalue weighted by Crippen LogP contribution is -2.07. The summed E-state index contributed by atoms with van der Waals surface area (Å²) in [7, 11) is 0. The Morgan fingerprint density at radius 1 is 1.43 bits per heavy atom. The highest BCUT2D eigenvalue weighted by Gasteiger charge is 2.33. The van der Waals surface area contributed by atoms with E-state index in [4.69, 9.17) is 0 Å². The molecule has 0 bridgehead atoms. The van der Waals surface area contributed by atoms with Gasteiger partial charge in [0, 0.05) is 18.8 Å². The molecule has 0 amide bonds. The molecular formula is C11H10F3N5O2. The molecule has 0 spiro atoms. The van der Waals surface area contributed by atoms with Crippen LogP contribution in [-0.2, 0) is 6.18 Å². The first kappa shape index (κ1) is 14.8. The minimum absolute atomic E-state index is 0.283. The van der Waals surface area contributed by atoms with E-state index in [0.717, 1.165) is 10.7 Å². The van der Waals surface area contributed by atoms with Gasteiger partial charge in [0.25, 0.3) is 0 Å². The first-order valence-corrected chi connectivity index (χ1v) is 5.84. The molecule has 112 valence electrons. The van der Waals surface area contributed by atoms with Crippen LogP contribution < -0.4 is 5.32 Å². The molecule has 2 aromatic rings. The molecule has 0 fully saturated rings. The zero-order valence-electron chi connectivity index (χ0n) is 10.8. The number of nitrogens with zero attached hydrogens (tertiary/aromatic N) is 4. The van der Waals surface area contributed by atoms with Crippen LogP contribution in [0, 0.1) is 10.1 Å². The van der Waals surface area contributed by atoms with Gasteiger partial charge in [0.2, 0.25) is 5.82 Å². The third-order valence-corrected chi connectivity index (χ3v) is 2.54. The number of halogens is 3. The largest absolute Gasteiger partial charge is 0.419 e. The Bertz CT molecular complexity index is 668. The van der Waals surface area contributed by atoms with E-state index >= 15 is 0 Å². The van der Waals surface area contributed by atoms with E-state index < -0.39 is 22.4 Å². The number of anilines is 1. The molecule has 2 rings (SSSR count).